The predicted octanol–water partition coefficient (Wildman–Crippen LogP) is -1.90. The highest BCUT2D eigenvalue weighted by molar-refractivity contribution is 6.08. The van der Waals surface area contributed by atoms with E-state index in [9.17, 15) is 19.2 Å². The molecule has 0 aromatic carbocycles. The van der Waals surface area contributed by atoms with Gasteiger partial charge >= 0.3 is 0 Å². The van der Waals surface area contributed by atoms with E-state index in [2.05, 4.69) is 0 Å². The Labute approximate surface area is 109 Å². The molecular formula is C11H16N4O4. The van der Waals surface area contributed by atoms with Crippen LogP contribution in [0.25, 0.3) is 0 Å². The number of carbonyl (C=O) groups excluding carboxylic acids is 4. The van der Waals surface area contributed by atoms with Gasteiger partial charge in [-0.1, -0.05) is 6.92 Å². The second kappa shape index (κ2) is 4.71. The highest BCUT2D eigenvalue weighted by Crippen LogP contribution is 2.23. The third-order valence-electron chi connectivity index (χ3n) is 3.47. The molecule has 0 aromatic heterocycles. The third-order valence-corrected chi connectivity index (χ3v) is 3.47. The maximum absolute atomic E-state index is 12.0. The van der Waals surface area contributed by atoms with Crippen LogP contribution in [0, 0.1) is 5.92 Å². The Morgan fingerprint density at radius 2 is 1.58 bits per heavy atom. The van der Waals surface area contributed by atoms with Crippen molar-refractivity contribution in [2.24, 2.45) is 17.4 Å². The van der Waals surface area contributed by atoms with Crippen LogP contribution in [-0.2, 0) is 19.2 Å². The SMILES string of the molecule is CC1CC(=O)N(N2C(=O)CCC(N)C2=O)C(=O)C1N. The molecule has 0 bridgehead atoms. The molecule has 19 heavy (non-hydrogen) atoms. The van der Waals surface area contributed by atoms with E-state index in [4.69, 9.17) is 11.5 Å². The van der Waals surface area contributed by atoms with Crippen molar-refractivity contribution in [3.63, 3.8) is 0 Å². The number of piperidine rings is 2. The fraction of sp³-hybridized carbons (Fsp3) is 0.636. The van der Waals surface area contributed by atoms with Crippen molar-refractivity contribution in [1.29, 1.82) is 0 Å². The summed E-state index contributed by atoms with van der Waals surface area (Å²) in [5, 5.41) is 1.12. The van der Waals surface area contributed by atoms with Crippen LogP contribution in [0.1, 0.15) is 26.2 Å². The Balaban J connectivity index is 2.33. The first-order chi connectivity index (χ1) is 8.84. The van der Waals surface area contributed by atoms with Crippen molar-refractivity contribution in [1.82, 2.24) is 10.0 Å². The molecule has 4 amide bonds. The Morgan fingerprint density at radius 3 is 2.21 bits per heavy atom. The van der Waals surface area contributed by atoms with Crippen molar-refractivity contribution in [2.45, 2.75) is 38.3 Å². The van der Waals surface area contributed by atoms with Crippen molar-refractivity contribution in [2.75, 3.05) is 0 Å². The minimum absolute atomic E-state index is 0.0131. The molecule has 3 unspecified atom stereocenters. The van der Waals surface area contributed by atoms with Crippen molar-refractivity contribution in [3.8, 4) is 0 Å². The maximum Gasteiger partial charge on any atom is 0.265 e. The summed E-state index contributed by atoms with van der Waals surface area (Å²) in [7, 11) is 0. The van der Waals surface area contributed by atoms with Gasteiger partial charge in [0.1, 0.15) is 0 Å². The quantitative estimate of drug-likeness (QED) is 0.535. The van der Waals surface area contributed by atoms with Crippen LogP contribution < -0.4 is 11.5 Å². The van der Waals surface area contributed by atoms with E-state index >= 15 is 0 Å². The van der Waals surface area contributed by atoms with Gasteiger partial charge in [0.05, 0.1) is 12.1 Å². The molecule has 2 aliphatic rings. The van der Waals surface area contributed by atoms with Crippen LogP contribution in [-0.4, -0.2) is 45.7 Å². The summed E-state index contributed by atoms with van der Waals surface area (Å²) in [5.74, 6) is -3.00. The minimum atomic E-state index is -0.906. The van der Waals surface area contributed by atoms with E-state index < -0.39 is 35.7 Å². The zero-order chi connectivity index (χ0) is 14.3. The fourth-order valence-corrected chi connectivity index (χ4v) is 2.20. The lowest BCUT2D eigenvalue weighted by Crippen LogP contribution is -2.67. The lowest BCUT2D eigenvalue weighted by molar-refractivity contribution is -0.187. The second-order valence-electron chi connectivity index (χ2n) is 4.94. The number of nitrogens with zero attached hydrogens (tertiary/aromatic N) is 2. The average Bonchev–Trinajstić information content (AvgIpc) is 2.35. The molecule has 0 spiro atoms. The molecular weight excluding hydrogens is 252 g/mol. The monoisotopic (exact) mass is 268 g/mol. The van der Waals surface area contributed by atoms with Gasteiger partial charge in [0.2, 0.25) is 11.8 Å². The zero-order valence-corrected chi connectivity index (χ0v) is 10.5. The molecule has 0 saturated carbocycles. The number of hydrazine groups is 1. The molecule has 2 heterocycles. The molecule has 8 heteroatoms. The van der Waals surface area contributed by atoms with Gasteiger partial charge in [0.25, 0.3) is 11.8 Å². The van der Waals surface area contributed by atoms with Crippen LogP contribution in [0.15, 0.2) is 0 Å². The maximum atomic E-state index is 12.0. The van der Waals surface area contributed by atoms with E-state index in [1.54, 1.807) is 6.92 Å². The standard InChI is InChI=1S/C11H16N4O4/c1-5-4-8(17)15(11(19)9(5)13)14-7(16)3-2-6(12)10(14)18/h5-6,9H,2-4,12-13H2,1H3. The first-order valence-electron chi connectivity index (χ1n) is 6.09. The number of hydrogen-bond donors (Lipinski definition) is 2. The Bertz CT molecular complexity index is 464. The van der Waals surface area contributed by atoms with Crippen LogP contribution >= 0.6 is 0 Å². The van der Waals surface area contributed by atoms with Crippen molar-refractivity contribution < 1.29 is 19.2 Å². The summed E-state index contributed by atoms with van der Waals surface area (Å²) >= 11 is 0. The molecule has 2 saturated heterocycles. The molecule has 104 valence electrons. The van der Waals surface area contributed by atoms with E-state index in [1.165, 1.54) is 0 Å². The molecule has 2 fully saturated rings. The second-order valence-corrected chi connectivity index (χ2v) is 4.94. The van der Waals surface area contributed by atoms with Gasteiger partial charge in [-0.2, -0.15) is 10.0 Å². The van der Waals surface area contributed by atoms with Gasteiger partial charge in [0.15, 0.2) is 0 Å². The Hall–Kier alpha value is -1.80. The van der Waals surface area contributed by atoms with Crippen LogP contribution in [0.2, 0.25) is 0 Å². The number of hydrogen-bond acceptors (Lipinski definition) is 6. The number of imide groups is 2. The van der Waals surface area contributed by atoms with Crippen molar-refractivity contribution >= 4 is 23.6 Å². The summed E-state index contributed by atoms with van der Waals surface area (Å²) < 4.78 is 0. The smallest absolute Gasteiger partial charge is 0.265 e. The lowest BCUT2D eigenvalue weighted by Gasteiger charge is -2.40. The van der Waals surface area contributed by atoms with Gasteiger partial charge in [0, 0.05) is 12.8 Å². The summed E-state index contributed by atoms with van der Waals surface area (Å²) in [6.45, 7) is 1.67. The molecule has 0 aliphatic carbocycles. The lowest BCUT2D eigenvalue weighted by atomic mass is 9.93. The Morgan fingerprint density at radius 1 is 1.00 bits per heavy atom. The zero-order valence-electron chi connectivity index (χ0n) is 10.5. The number of nitrogens with two attached hydrogens (primary N) is 2. The molecule has 3 atom stereocenters. The van der Waals surface area contributed by atoms with Crippen molar-refractivity contribution in [3.05, 3.63) is 0 Å². The third kappa shape index (κ3) is 2.13. The predicted molar refractivity (Wildman–Crippen MR) is 62.7 cm³/mol. The minimum Gasteiger partial charge on any atom is -0.320 e. The van der Waals surface area contributed by atoms with Crippen LogP contribution in [0.4, 0.5) is 0 Å². The fourth-order valence-electron chi connectivity index (χ4n) is 2.20. The van der Waals surface area contributed by atoms with Gasteiger partial charge in [-0.15, -0.1) is 0 Å². The summed E-state index contributed by atoms with van der Waals surface area (Å²) in [5.41, 5.74) is 11.2. The molecule has 0 radical (unpaired) electrons. The molecule has 2 aliphatic heterocycles. The molecule has 8 nitrogen and oxygen atoms in total. The van der Waals surface area contributed by atoms with Crippen LogP contribution in [0.3, 0.4) is 0 Å². The van der Waals surface area contributed by atoms with Gasteiger partial charge < -0.3 is 11.5 Å². The van der Waals surface area contributed by atoms with Gasteiger partial charge in [-0.05, 0) is 12.3 Å². The molecule has 4 N–H and O–H groups in total. The number of amides is 4. The van der Waals surface area contributed by atoms with E-state index in [0.717, 1.165) is 0 Å². The average molecular weight is 268 g/mol. The normalized spacial score (nSPS) is 33.1. The van der Waals surface area contributed by atoms with E-state index in [-0.39, 0.29) is 25.2 Å². The molecule has 0 aromatic rings. The van der Waals surface area contributed by atoms with E-state index in [0.29, 0.717) is 10.0 Å². The topological polar surface area (TPSA) is 127 Å². The number of carbonyl (C=O) groups is 4. The highest BCUT2D eigenvalue weighted by atomic mass is 16.2. The Kier molecular flexibility index (Phi) is 3.38. The first kappa shape index (κ1) is 13.6. The van der Waals surface area contributed by atoms with Crippen LogP contribution in [0.5, 0.6) is 0 Å². The summed E-state index contributed by atoms with van der Waals surface area (Å²) in [4.78, 5) is 47.7. The van der Waals surface area contributed by atoms with Gasteiger partial charge in [-0.25, -0.2) is 0 Å². The largest absolute Gasteiger partial charge is 0.320 e. The highest BCUT2D eigenvalue weighted by Gasteiger charge is 2.46. The van der Waals surface area contributed by atoms with Gasteiger partial charge in [-0.3, -0.25) is 19.2 Å². The summed E-state index contributed by atoms with van der Waals surface area (Å²) in [6, 6.07) is -1.79. The first-order valence-corrected chi connectivity index (χ1v) is 6.09. The molecule has 2 rings (SSSR count). The summed E-state index contributed by atoms with van der Waals surface area (Å²) in [6.07, 6.45) is 0.251. The number of rotatable bonds is 1. The van der Waals surface area contributed by atoms with E-state index in [1.807, 2.05) is 0 Å².